The molecule has 3 rings (SSSR count). The Balaban J connectivity index is 1.59. The Morgan fingerprint density at radius 2 is 2.15 bits per heavy atom. The van der Waals surface area contributed by atoms with Gasteiger partial charge >= 0.3 is 5.97 Å². The Bertz CT molecular complexity index is 844. The largest absolute Gasteiger partial charge is 0.492 e. The minimum atomic E-state index is -0.987. The van der Waals surface area contributed by atoms with Crippen molar-refractivity contribution < 1.29 is 19.1 Å². The Morgan fingerprint density at radius 1 is 1.35 bits per heavy atom. The summed E-state index contributed by atoms with van der Waals surface area (Å²) < 4.78 is 10.9. The number of hydrogen-bond donors (Lipinski definition) is 1. The number of esters is 1. The van der Waals surface area contributed by atoms with Crippen LogP contribution in [0.2, 0.25) is 10.2 Å². The number of hydrogen-bond acceptors (Lipinski definition) is 5. The van der Waals surface area contributed by atoms with Gasteiger partial charge < -0.3 is 14.8 Å². The average molecular weight is 395 g/mol. The lowest BCUT2D eigenvalue weighted by Crippen LogP contribution is -2.36. The van der Waals surface area contributed by atoms with Crippen LogP contribution in [0, 0.1) is 5.92 Å². The van der Waals surface area contributed by atoms with Gasteiger partial charge in [0.25, 0.3) is 5.91 Å². The van der Waals surface area contributed by atoms with Crippen molar-refractivity contribution in [3.8, 4) is 5.75 Å². The number of benzene rings is 1. The highest BCUT2D eigenvalue weighted by molar-refractivity contribution is 6.32. The molecule has 0 saturated carbocycles. The van der Waals surface area contributed by atoms with Crippen LogP contribution in [0.3, 0.4) is 0 Å². The van der Waals surface area contributed by atoms with Gasteiger partial charge in [-0.1, -0.05) is 23.2 Å². The number of rotatable bonds is 4. The van der Waals surface area contributed by atoms with Gasteiger partial charge in [0, 0.05) is 11.2 Å². The number of aromatic nitrogens is 1. The van der Waals surface area contributed by atoms with Gasteiger partial charge in [-0.15, -0.1) is 0 Å². The summed E-state index contributed by atoms with van der Waals surface area (Å²) in [5, 5.41) is 3.31. The van der Waals surface area contributed by atoms with Crippen molar-refractivity contribution in [1.29, 1.82) is 0 Å². The molecule has 1 amide bonds. The van der Waals surface area contributed by atoms with Crippen LogP contribution in [-0.4, -0.2) is 29.6 Å². The fourth-order valence-corrected chi connectivity index (χ4v) is 2.91. The third-order valence-electron chi connectivity index (χ3n) is 3.94. The molecular weight excluding hydrogens is 379 g/mol. The summed E-state index contributed by atoms with van der Waals surface area (Å²) in [5.41, 5.74) is 1.19. The molecule has 0 fully saturated rings. The summed E-state index contributed by atoms with van der Waals surface area (Å²) in [6.45, 7) is 1.68. The number of carbonyl (C=O) groups excluding carboxylic acids is 2. The molecule has 0 aliphatic carbocycles. The van der Waals surface area contributed by atoms with Crippen LogP contribution in [0.4, 0.5) is 5.69 Å². The molecule has 136 valence electrons. The van der Waals surface area contributed by atoms with E-state index in [2.05, 4.69) is 10.3 Å². The predicted octanol–water partition coefficient (Wildman–Crippen LogP) is 3.51. The summed E-state index contributed by atoms with van der Waals surface area (Å²) in [4.78, 5) is 28.4. The lowest BCUT2D eigenvalue weighted by Gasteiger charge is -2.25. The van der Waals surface area contributed by atoms with E-state index in [4.69, 9.17) is 32.7 Å². The Kier molecular flexibility index (Phi) is 5.64. The van der Waals surface area contributed by atoms with E-state index in [9.17, 15) is 9.59 Å². The molecule has 2 aromatic rings. The lowest BCUT2D eigenvalue weighted by atomic mass is 9.97. The standard InChI is InChI=1S/C18H16Cl2N2O4/c1-10(17(23)22-14-3-2-6-21-16(14)20)26-18(24)12-7-11-8-13(19)4-5-15(11)25-9-12/h2-6,8,10,12H,7,9H2,1H3,(H,22,23). The fourth-order valence-electron chi connectivity index (χ4n) is 2.55. The Labute approximate surface area is 160 Å². The van der Waals surface area contributed by atoms with Gasteiger partial charge in [-0.05, 0) is 49.2 Å². The maximum Gasteiger partial charge on any atom is 0.313 e. The van der Waals surface area contributed by atoms with E-state index in [1.54, 1.807) is 30.3 Å². The molecule has 1 N–H and O–H groups in total. The van der Waals surface area contributed by atoms with Crippen molar-refractivity contribution in [3.63, 3.8) is 0 Å². The smallest absolute Gasteiger partial charge is 0.313 e. The second-order valence-electron chi connectivity index (χ2n) is 5.87. The molecule has 2 unspecified atom stereocenters. The van der Waals surface area contributed by atoms with Crippen molar-refractivity contribution in [2.75, 3.05) is 11.9 Å². The maximum absolute atomic E-state index is 12.4. The highest BCUT2D eigenvalue weighted by Crippen LogP contribution is 2.30. The molecule has 1 aromatic heterocycles. The second kappa shape index (κ2) is 7.93. The monoisotopic (exact) mass is 394 g/mol. The molecule has 1 aliphatic heterocycles. The number of halogens is 2. The SMILES string of the molecule is CC(OC(=O)C1COc2ccc(Cl)cc2C1)C(=O)Nc1cccnc1Cl. The maximum atomic E-state index is 12.4. The molecule has 0 saturated heterocycles. The van der Waals surface area contributed by atoms with Crippen LogP contribution in [0.1, 0.15) is 12.5 Å². The Hall–Kier alpha value is -2.31. The molecule has 26 heavy (non-hydrogen) atoms. The minimum absolute atomic E-state index is 0.161. The quantitative estimate of drug-likeness (QED) is 0.633. The van der Waals surface area contributed by atoms with Crippen LogP contribution in [-0.2, 0) is 20.7 Å². The van der Waals surface area contributed by atoms with Crippen LogP contribution in [0.25, 0.3) is 0 Å². The molecule has 1 aliphatic rings. The van der Waals surface area contributed by atoms with E-state index in [-0.39, 0.29) is 11.8 Å². The first-order valence-electron chi connectivity index (χ1n) is 7.97. The van der Waals surface area contributed by atoms with E-state index >= 15 is 0 Å². The average Bonchev–Trinajstić information content (AvgIpc) is 2.62. The third-order valence-corrected chi connectivity index (χ3v) is 4.48. The van der Waals surface area contributed by atoms with Gasteiger partial charge in [-0.3, -0.25) is 9.59 Å². The van der Waals surface area contributed by atoms with Crippen LogP contribution < -0.4 is 10.1 Å². The van der Waals surface area contributed by atoms with Gasteiger partial charge in [0.05, 0.1) is 11.6 Å². The van der Waals surface area contributed by atoms with E-state index in [0.717, 1.165) is 5.56 Å². The van der Waals surface area contributed by atoms with E-state index in [0.29, 0.717) is 22.9 Å². The summed E-state index contributed by atoms with van der Waals surface area (Å²) in [7, 11) is 0. The van der Waals surface area contributed by atoms with Gasteiger partial charge in [-0.2, -0.15) is 0 Å². The zero-order valence-electron chi connectivity index (χ0n) is 13.9. The molecular formula is C18H16Cl2N2O4. The number of amides is 1. The van der Waals surface area contributed by atoms with Crippen molar-refractivity contribution >= 4 is 40.8 Å². The van der Waals surface area contributed by atoms with Crippen molar-refractivity contribution in [1.82, 2.24) is 4.98 Å². The first kappa shape index (κ1) is 18.5. The van der Waals surface area contributed by atoms with Crippen molar-refractivity contribution in [2.24, 2.45) is 5.92 Å². The summed E-state index contributed by atoms with van der Waals surface area (Å²) in [6.07, 6.45) is 0.964. The number of carbonyl (C=O) groups is 2. The number of nitrogens with zero attached hydrogens (tertiary/aromatic N) is 1. The lowest BCUT2D eigenvalue weighted by molar-refractivity contribution is -0.158. The molecule has 6 nitrogen and oxygen atoms in total. The third kappa shape index (κ3) is 4.26. The van der Waals surface area contributed by atoms with Crippen LogP contribution in [0.5, 0.6) is 5.75 Å². The second-order valence-corrected chi connectivity index (χ2v) is 6.67. The highest BCUT2D eigenvalue weighted by Gasteiger charge is 2.30. The van der Waals surface area contributed by atoms with Crippen molar-refractivity contribution in [3.05, 3.63) is 52.3 Å². The van der Waals surface area contributed by atoms with Crippen LogP contribution in [0.15, 0.2) is 36.5 Å². The molecule has 0 bridgehead atoms. The summed E-state index contributed by atoms with van der Waals surface area (Å²) in [6, 6.07) is 8.51. The van der Waals surface area contributed by atoms with E-state index < -0.39 is 23.9 Å². The van der Waals surface area contributed by atoms with E-state index in [1.807, 2.05) is 0 Å². The van der Waals surface area contributed by atoms with Gasteiger partial charge in [0.15, 0.2) is 11.3 Å². The Morgan fingerprint density at radius 3 is 2.92 bits per heavy atom. The number of fused-ring (bicyclic) bond motifs is 1. The topological polar surface area (TPSA) is 77.5 Å². The van der Waals surface area contributed by atoms with Crippen LogP contribution >= 0.6 is 23.2 Å². The molecule has 0 spiro atoms. The predicted molar refractivity (Wildman–Crippen MR) is 97.6 cm³/mol. The molecule has 8 heteroatoms. The number of nitrogens with one attached hydrogen (secondary N) is 1. The molecule has 0 radical (unpaired) electrons. The normalized spacial score (nSPS) is 16.8. The van der Waals surface area contributed by atoms with Gasteiger partial charge in [-0.25, -0.2) is 4.98 Å². The zero-order valence-corrected chi connectivity index (χ0v) is 15.4. The zero-order chi connectivity index (χ0) is 18.7. The van der Waals surface area contributed by atoms with E-state index in [1.165, 1.54) is 13.1 Å². The van der Waals surface area contributed by atoms with Crippen molar-refractivity contribution in [2.45, 2.75) is 19.4 Å². The fraction of sp³-hybridized carbons (Fsp3) is 0.278. The van der Waals surface area contributed by atoms with Gasteiger partial charge in [0.1, 0.15) is 12.4 Å². The number of anilines is 1. The summed E-state index contributed by atoms with van der Waals surface area (Å²) >= 11 is 11.9. The number of pyridine rings is 1. The first-order chi connectivity index (χ1) is 12.4. The highest BCUT2D eigenvalue weighted by atomic mass is 35.5. The molecule has 1 aromatic carbocycles. The molecule has 2 heterocycles. The van der Waals surface area contributed by atoms with Gasteiger partial charge in [0.2, 0.25) is 0 Å². The summed E-state index contributed by atoms with van der Waals surface area (Å²) in [5.74, 6) is -0.794. The first-order valence-corrected chi connectivity index (χ1v) is 8.72. The molecule has 2 atom stereocenters. The number of ether oxygens (including phenoxy) is 2. The minimum Gasteiger partial charge on any atom is -0.492 e.